The van der Waals surface area contributed by atoms with Gasteiger partial charge in [-0.1, -0.05) is 15.9 Å². The Morgan fingerprint density at radius 2 is 2.18 bits per heavy atom. The topological polar surface area (TPSA) is 17.1 Å². The molecular weight excluding hydrogens is 319 g/mol. The van der Waals surface area contributed by atoms with E-state index in [1.165, 1.54) is 0 Å². The highest BCUT2D eigenvalue weighted by atomic mass is 127. The quantitative estimate of drug-likeness (QED) is 0.573. The molecule has 0 aliphatic carbocycles. The summed E-state index contributed by atoms with van der Waals surface area (Å²) in [7, 11) is 0. The summed E-state index contributed by atoms with van der Waals surface area (Å²) in [5.41, 5.74) is 1.80. The third-order valence-electron chi connectivity index (χ3n) is 1.48. The largest absolute Gasteiger partial charge is 0.298 e. The highest BCUT2D eigenvalue weighted by Crippen LogP contribution is 2.20. The summed E-state index contributed by atoms with van der Waals surface area (Å²) in [6.07, 6.45) is 0.877. The van der Waals surface area contributed by atoms with E-state index in [1.54, 1.807) is 0 Å². The minimum absolute atomic E-state index is 0.753. The Morgan fingerprint density at radius 3 is 2.73 bits per heavy atom. The molecule has 0 radical (unpaired) electrons. The first kappa shape index (κ1) is 9.19. The van der Waals surface area contributed by atoms with Gasteiger partial charge in [-0.3, -0.25) is 4.79 Å². The summed E-state index contributed by atoms with van der Waals surface area (Å²) in [5, 5.41) is 0. The van der Waals surface area contributed by atoms with Crippen molar-refractivity contribution in [1.82, 2.24) is 0 Å². The second-order valence-electron chi connectivity index (χ2n) is 2.22. The van der Waals surface area contributed by atoms with E-state index in [-0.39, 0.29) is 0 Å². The van der Waals surface area contributed by atoms with Crippen molar-refractivity contribution in [2.45, 2.75) is 6.92 Å². The lowest BCUT2D eigenvalue weighted by atomic mass is 10.1. The fourth-order valence-corrected chi connectivity index (χ4v) is 2.34. The summed E-state index contributed by atoms with van der Waals surface area (Å²) < 4.78 is 2.06. The van der Waals surface area contributed by atoms with E-state index in [0.29, 0.717) is 0 Å². The van der Waals surface area contributed by atoms with E-state index >= 15 is 0 Å². The molecule has 0 unspecified atom stereocenters. The van der Waals surface area contributed by atoms with Gasteiger partial charge in [-0.2, -0.15) is 0 Å². The number of halogens is 2. The molecule has 0 aliphatic heterocycles. The molecule has 0 fully saturated rings. The van der Waals surface area contributed by atoms with Gasteiger partial charge in [-0.15, -0.1) is 0 Å². The zero-order chi connectivity index (χ0) is 8.43. The van der Waals surface area contributed by atoms with Crippen LogP contribution in [-0.2, 0) is 0 Å². The van der Waals surface area contributed by atoms with E-state index in [9.17, 15) is 4.79 Å². The van der Waals surface area contributed by atoms with Crippen LogP contribution in [0.1, 0.15) is 15.9 Å². The van der Waals surface area contributed by atoms with E-state index in [4.69, 9.17) is 0 Å². The maximum atomic E-state index is 10.5. The molecule has 11 heavy (non-hydrogen) atoms. The second-order valence-corrected chi connectivity index (χ2v) is 4.30. The van der Waals surface area contributed by atoms with Gasteiger partial charge in [0.25, 0.3) is 0 Å². The SMILES string of the molecule is Cc1c(I)cc(Br)cc1C=O. The molecule has 0 saturated heterocycles. The molecule has 0 amide bonds. The van der Waals surface area contributed by atoms with Crippen molar-refractivity contribution in [2.24, 2.45) is 0 Å². The molecule has 0 aromatic heterocycles. The van der Waals surface area contributed by atoms with E-state index in [0.717, 1.165) is 25.5 Å². The number of carbonyl (C=O) groups excluding carboxylic acids is 1. The number of hydrogen-bond donors (Lipinski definition) is 0. The van der Waals surface area contributed by atoms with Crippen LogP contribution in [0.3, 0.4) is 0 Å². The molecule has 3 heteroatoms. The van der Waals surface area contributed by atoms with Crippen LogP contribution < -0.4 is 0 Å². The molecule has 0 bridgehead atoms. The van der Waals surface area contributed by atoms with Gasteiger partial charge < -0.3 is 0 Å². The number of hydrogen-bond acceptors (Lipinski definition) is 1. The van der Waals surface area contributed by atoms with Crippen LogP contribution in [0, 0.1) is 10.5 Å². The Labute approximate surface area is 87.5 Å². The average Bonchev–Trinajstić information content (AvgIpc) is 1.96. The summed E-state index contributed by atoms with van der Waals surface area (Å²) in [6, 6.07) is 3.81. The lowest BCUT2D eigenvalue weighted by Gasteiger charge is -2.01. The van der Waals surface area contributed by atoms with Gasteiger partial charge in [0.2, 0.25) is 0 Å². The Kier molecular flexibility index (Phi) is 3.06. The average molecular weight is 325 g/mol. The molecule has 0 aliphatic rings. The van der Waals surface area contributed by atoms with E-state index < -0.39 is 0 Å². The van der Waals surface area contributed by atoms with Crippen molar-refractivity contribution in [3.63, 3.8) is 0 Å². The first-order chi connectivity index (χ1) is 5.15. The second kappa shape index (κ2) is 3.67. The van der Waals surface area contributed by atoms with Crippen LogP contribution in [0.2, 0.25) is 0 Å². The molecule has 1 aromatic rings. The maximum Gasteiger partial charge on any atom is 0.150 e. The van der Waals surface area contributed by atoms with Crippen molar-refractivity contribution in [3.05, 3.63) is 31.3 Å². The lowest BCUT2D eigenvalue weighted by Crippen LogP contribution is -1.89. The molecule has 1 rings (SSSR count). The fourth-order valence-electron chi connectivity index (χ4n) is 0.788. The van der Waals surface area contributed by atoms with Gasteiger partial charge in [0.05, 0.1) is 0 Å². The van der Waals surface area contributed by atoms with Crippen molar-refractivity contribution >= 4 is 44.8 Å². The van der Waals surface area contributed by atoms with Gasteiger partial charge in [0.1, 0.15) is 6.29 Å². The van der Waals surface area contributed by atoms with Gasteiger partial charge in [0, 0.05) is 13.6 Å². The van der Waals surface area contributed by atoms with Crippen LogP contribution in [-0.4, -0.2) is 6.29 Å². The number of rotatable bonds is 1. The summed E-state index contributed by atoms with van der Waals surface area (Å²) in [6.45, 7) is 1.94. The minimum atomic E-state index is 0.753. The maximum absolute atomic E-state index is 10.5. The van der Waals surface area contributed by atoms with Crippen molar-refractivity contribution in [1.29, 1.82) is 0 Å². The normalized spacial score (nSPS) is 9.73. The lowest BCUT2D eigenvalue weighted by molar-refractivity contribution is 0.112. The molecule has 0 spiro atoms. The molecule has 0 N–H and O–H groups in total. The molecule has 0 atom stereocenters. The Hall–Kier alpha value is 0.1000. The van der Waals surface area contributed by atoms with Gasteiger partial charge in [-0.05, 0) is 47.2 Å². The Bertz CT molecular complexity index is 296. The van der Waals surface area contributed by atoms with Crippen LogP contribution in [0.4, 0.5) is 0 Å². The van der Waals surface area contributed by atoms with Gasteiger partial charge in [-0.25, -0.2) is 0 Å². The van der Waals surface area contributed by atoms with E-state index in [1.807, 2.05) is 19.1 Å². The van der Waals surface area contributed by atoms with Crippen molar-refractivity contribution in [3.8, 4) is 0 Å². The number of benzene rings is 1. The third kappa shape index (κ3) is 2.02. The Morgan fingerprint density at radius 1 is 1.55 bits per heavy atom. The zero-order valence-electron chi connectivity index (χ0n) is 5.90. The summed E-state index contributed by atoms with van der Waals surface area (Å²) in [5.74, 6) is 0. The molecule has 1 aromatic carbocycles. The zero-order valence-corrected chi connectivity index (χ0v) is 9.64. The summed E-state index contributed by atoms with van der Waals surface area (Å²) in [4.78, 5) is 10.5. The first-order valence-corrected chi connectivity index (χ1v) is 4.93. The molecule has 0 saturated carbocycles. The standard InChI is InChI=1S/C8H6BrIO/c1-5-6(4-11)2-7(9)3-8(5)10/h2-4H,1H3. The first-order valence-electron chi connectivity index (χ1n) is 3.06. The number of carbonyl (C=O) groups is 1. The summed E-state index contributed by atoms with van der Waals surface area (Å²) >= 11 is 5.53. The molecular formula is C8H6BrIO. The van der Waals surface area contributed by atoms with Gasteiger partial charge in [0.15, 0.2) is 0 Å². The smallest absolute Gasteiger partial charge is 0.150 e. The third-order valence-corrected chi connectivity index (χ3v) is 3.05. The highest BCUT2D eigenvalue weighted by Gasteiger charge is 2.01. The highest BCUT2D eigenvalue weighted by molar-refractivity contribution is 14.1. The van der Waals surface area contributed by atoms with Crippen LogP contribution >= 0.6 is 38.5 Å². The van der Waals surface area contributed by atoms with Crippen molar-refractivity contribution < 1.29 is 4.79 Å². The molecule has 1 nitrogen and oxygen atoms in total. The van der Waals surface area contributed by atoms with Gasteiger partial charge >= 0.3 is 0 Å². The predicted octanol–water partition coefficient (Wildman–Crippen LogP) is 3.17. The minimum Gasteiger partial charge on any atom is -0.298 e. The van der Waals surface area contributed by atoms with Crippen molar-refractivity contribution in [2.75, 3.05) is 0 Å². The van der Waals surface area contributed by atoms with Crippen LogP contribution in [0.15, 0.2) is 16.6 Å². The molecule has 58 valence electrons. The van der Waals surface area contributed by atoms with E-state index in [2.05, 4.69) is 38.5 Å². The monoisotopic (exact) mass is 324 g/mol. The number of aldehydes is 1. The van der Waals surface area contributed by atoms with Crippen LogP contribution in [0.25, 0.3) is 0 Å². The molecule has 0 heterocycles. The predicted molar refractivity (Wildman–Crippen MR) is 57.0 cm³/mol. The Balaban J connectivity index is 3.35. The fraction of sp³-hybridized carbons (Fsp3) is 0.125. The van der Waals surface area contributed by atoms with Crippen LogP contribution in [0.5, 0.6) is 0 Å².